The summed E-state index contributed by atoms with van der Waals surface area (Å²) in [7, 11) is -3.88. The number of rotatable bonds is 16. The number of hydrogen-bond acceptors (Lipinski definition) is 6. The van der Waals surface area contributed by atoms with E-state index in [2.05, 4.69) is 28.9 Å². The van der Waals surface area contributed by atoms with Crippen molar-refractivity contribution in [3.63, 3.8) is 0 Å². The normalized spacial score (nSPS) is 15.1. The van der Waals surface area contributed by atoms with Gasteiger partial charge < -0.3 is 20.7 Å². The largest absolute Gasteiger partial charge is 0.388 e. The summed E-state index contributed by atoms with van der Waals surface area (Å²) >= 11 is 0. The fourth-order valence-corrected chi connectivity index (χ4v) is 8.42. The highest BCUT2D eigenvalue weighted by Gasteiger charge is 2.35. The molecule has 0 fully saturated rings. The zero-order valence-electron chi connectivity index (χ0n) is 27.8. The Morgan fingerprint density at radius 1 is 0.958 bits per heavy atom. The molecule has 3 heterocycles. The van der Waals surface area contributed by atoms with Crippen molar-refractivity contribution >= 4 is 38.1 Å². The number of nitrogens with zero attached hydrogens (tertiary/aromatic N) is 3. The molecule has 0 bridgehead atoms. The van der Waals surface area contributed by atoms with Gasteiger partial charge in [-0.1, -0.05) is 69.4 Å². The first kappa shape index (κ1) is 33.7. The maximum atomic E-state index is 14.0. The highest BCUT2D eigenvalue weighted by atomic mass is 32.2. The molecule has 5 aromatic rings. The van der Waals surface area contributed by atoms with Gasteiger partial charge in [-0.15, -0.1) is 0 Å². The molecule has 6 rings (SSSR count). The summed E-state index contributed by atoms with van der Waals surface area (Å²) in [6.07, 6.45) is 10.5. The van der Waals surface area contributed by atoms with E-state index < -0.39 is 16.1 Å². The maximum absolute atomic E-state index is 14.0. The molecule has 2 aromatic heterocycles. The van der Waals surface area contributed by atoms with Gasteiger partial charge >= 0.3 is 0 Å². The lowest BCUT2D eigenvalue weighted by atomic mass is 9.98. The number of unbranched alkanes of at least 4 members (excludes halogenated alkanes) is 5. The lowest BCUT2D eigenvalue weighted by molar-refractivity contribution is 0.159. The van der Waals surface area contributed by atoms with Crippen LogP contribution >= 0.6 is 0 Å². The molecule has 2 atom stereocenters. The van der Waals surface area contributed by atoms with Crippen molar-refractivity contribution < 1.29 is 13.5 Å². The zero-order valence-corrected chi connectivity index (χ0v) is 28.6. The second kappa shape index (κ2) is 15.4. The van der Waals surface area contributed by atoms with Crippen LogP contribution in [0.5, 0.6) is 0 Å². The number of aromatic nitrogens is 2. The van der Waals surface area contributed by atoms with Gasteiger partial charge in [-0.05, 0) is 103 Å². The first-order chi connectivity index (χ1) is 23.4. The number of nitrogens with two attached hydrogens (primary N) is 1. The molecule has 1 aliphatic rings. The lowest BCUT2D eigenvalue weighted by Crippen LogP contribution is -2.35. The number of benzene rings is 3. The summed E-state index contributed by atoms with van der Waals surface area (Å²) in [5.74, 6) is 0.820. The molecule has 48 heavy (non-hydrogen) atoms. The van der Waals surface area contributed by atoms with Gasteiger partial charge in [0.1, 0.15) is 5.82 Å². The van der Waals surface area contributed by atoms with Gasteiger partial charge in [-0.25, -0.2) is 13.4 Å². The molecule has 0 saturated carbocycles. The Labute approximate surface area is 284 Å². The van der Waals surface area contributed by atoms with Crippen LogP contribution < -0.4 is 14.9 Å². The minimum atomic E-state index is -3.88. The van der Waals surface area contributed by atoms with Crippen LogP contribution in [0.25, 0.3) is 10.9 Å². The predicted molar refractivity (Wildman–Crippen MR) is 195 cm³/mol. The van der Waals surface area contributed by atoms with E-state index in [9.17, 15) is 13.5 Å². The fourth-order valence-electron chi connectivity index (χ4n) is 6.89. The third-order valence-corrected chi connectivity index (χ3v) is 11.2. The summed E-state index contributed by atoms with van der Waals surface area (Å²) in [6, 6.07) is 28.5. The summed E-state index contributed by atoms with van der Waals surface area (Å²) in [4.78, 5) is 10.8. The highest BCUT2D eigenvalue weighted by molar-refractivity contribution is 7.92. The smallest absolute Gasteiger partial charge is 0.264 e. The summed E-state index contributed by atoms with van der Waals surface area (Å²) in [5.41, 5.74) is 11.2. The van der Waals surface area contributed by atoms with E-state index in [-0.39, 0.29) is 24.0 Å². The number of hydrogen-bond donors (Lipinski definition) is 3. The zero-order chi connectivity index (χ0) is 33.5. The van der Waals surface area contributed by atoms with Gasteiger partial charge in [0.25, 0.3) is 10.0 Å². The third-order valence-electron chi connectivity index (χ3n) is 9.38. The minimum Gasteiger partial charge on any atom is -0.388 e. The molecule has 0 spiro atoms. The molecule has 9 heteroatoms. The minimum absolute atomic E-state index is 0.124. The third kappa shape index (κ3) is 7.43. The monoisotopic (exact) mass is 665 g/mol. The number of aromatic amines is 1. The fraction of sp³-hybridized carbons (Fsp3) is 0.359. The first-order valence-electron chi connectivity index (χ1n) is 17.3. The van der Waals surface area contributed by atoms with Crippen LogP contribution in [0.3, 0.4) is 0 Å². The molecule has 0 aliphatic carbocycles. The SMILES string of the molecule is CCCCCCCCc1cccc(N2c3ccc(S(=O)(=O)N(CCN)c4ccccc4)cc3CC2CC(O)c2ccc3[nH]ccc3c2)n1. The number of aliphatic hydroxyl groups excluding tert-OH is 1. The first-order valence-corrected chi connectivity index (χ1v) is 18.7. The van der Waals surface area contributed by atoms with Crippen LogP contribution in [-0.4, -0.2) is 42.6 Å². The predicted octanol–water partition coefficient (Wildman–Crippen LogP) is 7.81. The van der Waals surface area contributed by atoms with E-state index >= 15 is 0 Å². The molecular weight excluding hydrogens is 619 g/mol. The van der Waals surface area contributed by atoms with E-state index in [0.29, 0.717) is 18.5 Å². The molecule has 1 aliphatic heterocycles. The number of fused-ring (bicyclic) bond motifs is 2. The Morgan fingerprint density at radius 3 is 2.58 bits per heavy atom. The van der Waals surface area contributed by atoms with Crippen LogP contribution in [0.15, 0.2) is 102 Å². The van der Waals surface area contributed by atoms with Crippen LogP contribution in [0.1, 0.15) is 74.8 Å². The van der Waals surface area contributed by atoms with Gasteiger partial charge in [0.15, 0.2) is 0 Å². The quantitative estimate of drug-likeness (QED) is 0.0927. The summed E-state index contributed by atoms with van der Waals surface area (Å²) in [5, 5.41) is 12.6. The maximum Gasteiger partial charge on any atom is 0.264 e. The van der Waals surface area contributed by atoms with Crippen molar-refractivity contribution in [2.24, 2.45) is 5.73 Å². The summed E-state index contributed by atoms with van der Waals surface area (Å²) in [6.45, 7) is 2.60. The van der Waals surface area contributed by atoms with E-state index in [4.69, 9.17) is 10.7 Å². The van der Waals surface area contributed by atoms with Crippen LogP contribution in [0, 0.1) is 0 Å². The van der Waals surface area contributed by atoms with E-state index in [1.165, 1.54) is 36.4 Å². The number of H-pyrrole nitrogens is 1. The standard InChI is InChI=1S/C39H47N5O3S/c1-2-3-4-5-6-8-12-32-13-11-16-39(42-32)44-34(28-38(45)30-17-19-36-29(25-30)21-23-41-36)26-31-27-35(18-20-37(31)44)48(46,47)43(24-22-40)33-14-9-7-10-15-33/h7,9-11,13-21,23,25,27,34,38,41,45H,2-6,8,12,22,24,26,28,40H2,1H3. The second-order valence-corrected chi connectivity index (χ2v) is 14.7. The Balaban J connectivity index is 1.30. The molecule has 0 amide bonds. The van der Waals surface area contributed by atoms with Crippen LogP contribution in [-0.2, 0) is 22.9 Å². The number of sulfonamides is 1. The van der Waals surface area contributed by atoms with Crippen molar-refractivity contribution in [2.75, 3.05) is 22.3 Å². The highest BCUT2D eigenvalue weighted by Crippen LogP contribution is 2.42. The Bertz CT molecular complexity index is 1910. The number of aryl methyl sites for hydroxylation is 1. The molecule has 8 nitrogen and oxygen atoms in total. The molecule has 0 radical (unpaired) electrons. The summed E-state index contributed by atoms with van der Waals surface area (Å²) < 4.78 is 29.4. The number of nitrogens with one attached hydrogen (secondary N) is 1. The Kier molecular flexibility index (Phi) is 10.8. The van der Waals surface area contributed by atoms with Crippen molar-refractivity contribution in [1.82, 2.24) is 9.97 Å². The molecular formula is C39H47N5O3S. The Morgan fingerprint density at radius 2 is 1.77 bits per heavy atom. The molecule has 252 valence electrons. The number of anilines is 3. The van der Waals surface area contributed by atoms with E-state index in [1.54, 1.807) is 24.3 Å². The van der Waals surface area contributed by atoms with Gasteiger partial charge in [-0.2, -0.15) is 0 Å². The number of pyridine rings is 1. The van der Waals surface area contributed by atoms with Crippen molar-refractivity contribution in [2.45, 2.75) is 81.8 Å². The van der Waals surface area contributed by atoms with Crippen molar-refractivity contribution in [1.29, 1.82) is 0 Å². The molecule has 2 unspecified atom stereocenters. The average molecular weight is 666 g/mol. The van der Waals surface area contributed by atoms with E-state index in [1.807, 2.05) is 60.8 Å². The van der Waals surface area contributed by atoms with Crippen LogP contribution in [0.4, 0.5) is 17.2 Å². The van der Waals surface area contributed by atoms with Crippen molar-refractivity contribution in [3.8, 4) is 0 Å². The molecule has 4 N–H and O–H groups in total. The van der Waals surface area contributed by atoms with Gasteiger partial charge in [-0.3, -0.25) is 4.31 Å². The van der Waals surface area contributed by atoms with Gasteiger partial charge in [0, 0.05) is 42.2 Å². The molecule has 3 aromatic carbocycles. The van der Waals surface area contributed by atoms with Gasteiger partial charge in [0.2, 0.25) is 0 Å². The average Bonchev–Trinajstić information content (AvgIpc) is 3.72. The number of para-hydroxylation sites is 1. The van der Waals surface area contributed by atoms with Gasteiger partial charge in [0.05, 0.1) is 16.7 Å². The molecule has 0 saturated heterocycles. The van der Waals surface area contributed by atoms with Crippen LogP contribution in [0.2, 0.25) is 0 Å². The van der Waals surface area contributed by atoms with Crippen molar-refractivity contribution in [3.05, 3.63) is 114 Å². The lowest BCUT2D eigenvalue weighted by Gasteiger charge is -2.29. The number of aliphatic hydroxyl groups is 1. The topological polar surface area (TPSA) is 116 Å². The second-order valence-electron chi connectivity index (χ2n) is 12.8. The Hall–Kier alpha value is -4.18. The van der Waals surface area contributed by atoms with E-state index in [0.717, 1.165) is 52.1 Å².